The summed E-state index contributed by atoms with van der Waals surface area (Å²) in [5.74, 6) is -0.777. The van der Waals surface area contributed by atoms with Crippen LogP contribution >= 0.6 is 0 Å². The third-order valence-corrected chi connectivity index (χ3v) is 3.54. The van der Waals surface area contributed by atoms with Crippen molar-refractivity contribution in [2.75, 3.05) is 19.9 Å². The highest BCUT2D eigenvalue weighted by Crippen LogP contribution is 2.18. The standard InChI is InChI=1S/C8H11FN2O3S/c1-11(14-2)15(12,13)6-3-4-8(10)7(9)5-6/h3-5H,10H2,1-2H3. The topological polar surface area (TPSA) is 72.6 Å². The monoisotopic (exact) mass is 234 g/mol. The van der Waals surface area contributed by atoms with Gasteiger partial charge in [0.05, 0.1) is 17.7 Å². The molecule has 0 aliphatic carbocycles. The number of anilines is 1. The van der Waals surface area contributed by atoms with Gasteiger partial charge in [-0.15, -0.1) is 0 Å². The fourth-order valence-corrected chi connectivity index (χ4v) is 1.90. The fraction of sp³-hybridized carbons (Fsp3) is 0.250. The van der Waals surface area contributed by atoms with Crippen LogP contribution in [-0.4, -0.2) is 27.0 Å². The van der Waals surface area contributed by atoms with Crippen molar-refractivity contribution in [3.8, 4) is 0 Å². The molecule has 0 fully saturated rings. The Hall–Kier alpha value is -1.18. The van der Waals surface area contributed by atoms with E-state index in [2.05, 4.69) is 4.84 Å². The molecule has 0 aliphatic rings. The summed E-state index contributed by atoms with van der Waals surface area (Å²) in [4.78, 5) is 4.32. The number of sulfonamides is 1. The van der Waals surface area contributed by atoms with Crippen molar-refractivity contribution in [2.45, 2.75) is 4.90 Å². The largest absolute Gasteiger partial charge is 0.396 e. The molecule has 0 aliphatic heterocycles. The van der Waals surface area contributed by atoms with E-state index in [1.807, 2.05) is 0 Å². The Kier molecular flexibility index (Phi) is 3.28. The minimum absolute atomic E-state index is 0.103. The zero-order valence-corrected chi connectivity index (χ0v) is 9.08. The average Bonchev–Trinajstić information content (AvgIpc) is 2.20. The van der Waals surface area contributed by atoms with Crippen molar-refractivity contribution in [1.82, 2.24) is 4.47 Å². The second-order valence-electron chi connectivity index (χ2n) is 2.78. The third-order valence-electron chi connectivity index (χ3n) is 1.87. The van der Waals surface area contributed by atoms with Gasteiger partial charge in [-0.2, -0.15) is 0 Å². The van der Waals surface area contributed by atoms with Gasteiger partial charge in [0.15, 0.2) is 0 Å². The number of halogens is 1. The summed E-state index contributed by atoms with van der Waals surface area (Å²) in [5.41, 5.74) is 5.12. The molecule has 0 unspecified atom stereocenters. The normalized spacial score (nSPS) is 12.0. The van der Waals surface area contributed by atoms with Crippen molar-refractivity contribution in [2.24, 2.45) is 0 Å². The van der Waals surface area contributed by atoms with Crippen LogP contribution < -0.4 is 5.73 Å². The van der Waals surface area contributed by atoms with Crippen molar-refractivity contribution >= 4 is 15.7 Å². The number of nitrogen functional groups attached to an aromatic ring is 1. The Morgan fingerprint density at radius 3 is 2.53 bits per heavy atom. The lowest BCUT2D eigenvalue weighted by Gasteiger charge is -2.14. The number of nitrogens with two attached hydrogens (primary N) is 1. The number of benzene rings is 1. The maximum atomic E-state index is 13.0. The summed E-state index contributed by atoms with van der Waals surface area (Å²) in [6, 6.07) is 3.25. The summed E-state index contributed by atoms with van der Waals surface area (Å²) in [7, 11) is -1.40. The Bertz CT molecular complexity index is 461. The molecule has 5 nitrogen and oxygen atoms in total. The van der Waals surface area contributed by atoms with Gasteiger partial charge in [0.1, 0.15) is 5.82 Å². The van der Waals surface area contributed by atoms with E-state index in [0.29, 0.717) is 4.47 Å². The zero-order valence-electron chi connectivity index (χ0n) is 8.27. The average molecular weight is 234 g/mol. The molecule has 0 atom stereocenters. The molecule has 2 N–H and O–H groups in total. The van der Waals surface area contributed by atoms with E-state index in [4.69, 9.17) is 5.73 Å². The van der Waals surface area contributed by atoms with Crippen LogP contribution in [-0.2, 0) is 14.9 Å². The summed E-state index contributed by atoms with van der Waals surface area (Å²) in [6.07, 6.45) is 0. The van der Waals surface area contributed by atoms with E-state index in [9.17, 15) is 12.8 Å². The molecule has 0 saturated heterocycles. The quantitative estimate of drug-likeness (QED) is 0.613. The van der Waals surface area contributed by atoms with Gasteiger partial charge in [0.25, 0.3) is 10.0 Å². The molecular weight excluding hydrogens is 223 g/mol. The Balaban J connectivity index is 3.23. The van der Waals surface area contributed by atoms with Gasteiger partial charge < -0.3 is 5.73 Å². The first-order valence-corrected chi connectivity index (χ1v) is 5.41. The Labute approximate surface area is 87.3 Å². The number of hydroxylamine groups is 1. The first-order valence-electron chi connectivity index (χ1n) is 3.97. The van der Waals surface area contributed by atoms with Gasteiger partial charge in [-0.3, -0.25) is 4.84 Å². The second kappa shape index (κ2) is 4.13. The molecule has 1 aromatic carbocycles. The van der Waals surface area contributed by atoms with Crippen LogP contribution in [0.25, 0.3) is 0 Å². The fourth-order valence-electron chi connectivity index (χ4n) is 0.915. The molecule has 0 bridgehead atoms. The van der Waals surface area contributed by atoms with Crippen molar-refractivity contribution < 1.29 is 17.6 Å². The van der Waals surface area contributed by atoms with Crippen LogP contribution in [0.4, 0.5) is 10.1 Å². The number of hydrogen-bond acceptors (Lipinski definition) is 4. The molecule has 0 aromatic heterocycles. The number of hydrogen-bond donors (Lipinski definition) is 1. The predicted octanol–water partition coefficient (Wildman–Crippen LogP) is 0.590. The van der Waals surface area contributed by atoms with Gasteiger partial charge in [-0.1, -0.05) is 4.47 Å². The molecule has 1 aromatic rings. The van der Waals surface area contributed by atoms with Crippen molar-refractivity contribution in [3.63, 3.8) is 0 Å². The Morgan fingerprint density at radius 2 is 2.07 bits per heavy atom. The van der Waals surface area contributed by atoms with Gasteiger partial charge >= 0.3 is 0 Å². The molecule has 15 heavy (non-hydrogen) atoms. The minimum Gasteiger partial charge on any atom is -0.396 e. The van der Waals surface area contributed by atoms with E-state index in [1.165, 1.54) is 26.3 Å². The molecule has 0 spiro atoms. The van der Waals surface area contributed by atoms with Crippen LogP contribution in [0.15, 0.2) is 23.1 Å². The molecule has 0 heterocycles. The van der Waals surface area contributed by atoms with E-state index in [1.54, 1.807) is 0 Å². The van der Waals surface area contributed by atoms with Crippen LogP contribution in [0.5, 0.6) is 0 Å². The smallest absolute Gasteiger partial charge is 0.264 e. The molecule has 0 amide bonds. The number of nitrogens with zero attached hydrogens (tertiary/aromatic N) is 1. The number of rotatable bonds is 3. The van der Waals surface area contributed by atoms with Crippen LogP contribution in [0.1, 0.15) is 0 Å². The lowest BCUT2D eigenvalue weighted by molar-refractivity contribution is -0.0258. The van der Waals surface area contributed by atoms with Crippen LogP contribution in [0, 0.1) is 5.82 Å². The van der Waals surface area contributed by atoms with Crippen molar-refractivity contribution in [3.05, 3.63) is 24.0 Å². The van der Waals surface area contributed by atoms with Crippen LogP contribution in [0.2, 0.25) is 0 Å². The van der Waals surface area contributed by atoms with E-state index in [-0.39, 0.29) is 10.6 Å². The second-order valence-corrected chi connectivity index (χ2v) is 4.72. The summed E-state index contributed by atoms with van der Waals surface area (Å²) in [5, 5.41) is 0. The highest BCUT2D eigenvalue weighted by molar-refractivity contribution is 7.89. The summed E-state index contributed by atoms with van der Waals surface area (Å²) in [6.45, 7) is 0. The molecular formula is C8H11FN2O3S. The molecule has 1 rings (SSSR count). The summed E-state index contributed by atoms with van der Waals surface area (Å²) < 4.78 is 36.9. The highest BCUT2D eigenvalue weighted by Gasteiger charge is 2.21. The van der Waals surface area contributed by atoms with Gasteiger partial charge in [0.2, 0.25) is 0 Å². The minimum atomic E-state index is -3.81. The molecule has 84 valence electrons. The molecule has 0 saturated carbocycles. The predicted molar refractivity (Wildman–Crippen MR) is 52.8 cm³/mol. The third kappa shape index (κ3) is 2.25. The lowest BCUT2D eigenvalue weighted by Crippen LogP contribution is -2.25. The highest BCUT2D eigenvalue weighted by atomic mass is 32.2. The molecule has 0 radical (unpaired) electrons. The zero-order chi connectivity index (χ0) is 11.6. The first-order chi connectivity index (χ1) is 6.89. The van der Waals surface area contributed by atoms with E-state index < -0.39 is 15.8 Å². The van der Waals surface area contributed by atoms with E-state index in [0.717, 1.165) is 6.07 Å². The lowest BCUT2D eigenvalue weighted by atomic mass is 10.3. The SMILES string of the molecule is CON(C)S(=O)(=O)c1ccc(N)c(F)c1. The maximum absolute atomic E-state index is 13.0. The molecule has 7 heteroatoms. The first kappa shape index (κ1) is 11.9. The van der Waals surface area contributed by atoms with Gasteiger partial charge in [-0.25, -0.2) is 12.8 Å². The van der Waals surface area contributed by atoms with E-state index >= 15 is 0 Å². The Morgan fingerprint density at radius 1 is 1.47 bits per heavy atom. The maximum Gasteiger partial charge on any atom is 0.264 e. The van der Waals surface area contributed by atoms with Crippen LogP contribution in [0.3, 0.4) is 0 Å². The van der Waals surface area contributed by atoms with Gasteiger partial charge in [-0.05, 0) is 18.2 Å². The van der Waals surface area contributed by atoms with Gasteiger partial charge in [0, 0.05) is 7.05 Å². The van der Waals surface area contributed by atoms with Crippen molar-refractivity contribution in [1.29, 1.82) is 0 Å². The summed E-state index contributed by atoms with van der Waals surface area (Å²) >= 11 is 0.